The van der Waals surface area contributed by atoms with Crippen molar-refractivity contribution in [3.8, 4) is 0 Å². The molecule has 2 N–H and O–H groups in total. The maximum absolute atomic E-state index is 5.70. The van der Waals surface area contributed by atoms with Crippen molar-refractivity contribution in [3.05, 3.63) is 29.8 Å². The molecular formula is C16H26N2. The molecule has 0 spiro atoms. The van der Waals surface area contributed by atoms with Crippen LogP contribution in [0, 0.1) is 12.8 Å². The summed E-state index contributed by atoms with van der Waals surface area (Å²) >= 11 is 0. The van der Waals surface area contributed by atoms with E-state index in [0.717, 1.165) is 19.0 Å². The van der Waals surface area contributed by atoms with E-state index in [2.05, 4.69) is 49.9 Å². The van der Waals surface area contributed by atoms with Gasteiger partial charge in [-0.2, -0.15) is 0 Å². The summed E-state index contributed by atoms with van der Waals surface area (Å²) in [5.74, 6) is 0.797. The first kappa shape index (κ1) is 13.4. The van der Waals surface area contributed by atoms with E-state index in [1.54, 1.807) is 0 Å². The number of nitrogens with zero attached hydrogens (tertiary/aromatic N) is 1. The third kappa shape index (κ3) is 2.86. The van der Waals surface area contributed by atoms with Crippen molar-refractivity contribution in [2.75, 3.05) is 18.0 Å². The van der Waals surface area contributed by atoms with E-state index >= 15 is 0 Å². The van der Waals surface area contributed by atoms with E-state index in [9.17, 15) is 0 Å². The van der Waals surface area contributed by atoms with Crippen molar-refractivity contribution in [3.63, 3.8) is 0 Å². The van der Waals surface area contributed by atoms with Crippen LogP contribution in [0.15, 0.2) is 24.3 Å². The van der Waals surface area contributed by atoms with Gasteiger partial charge < -0.3 is 10.6 Å². The van der Waals surface area contributed by atoms with Crippen molar-refractivity contribution in [2.24, 2.45) is 11.7 Å². The SMILES string of the molecule is Cc1cccc(N2CCC(CCN)CC2(C)C)c1. The zero-order valence-corrected chi connectivity index (χ0v) is 11.9. The Morgan fingerprint density at radius 1 is 1.39 bits per heavy atom. The molecule has 2 nitrogen and oxygen atoms in total. The maximum Gasteiger partial charge on any atom is 0.0373 e. The topological polar surface area (TPSA) is 29.3 Å². The van der Waals surface area contributed by atoms with Gasteiger partial charge >= 0.3 is 0 Å². The van der Waals surface area contributed by atoms with Crippen molar-refractivity contribution < 1.29 is 0 Å². The molecule has 0 aliphatic carbocycles. The van der Waals surface area contributed by atoms with Crippen LogP contribution in [0.3, 0.4) is 0 Å². The van der Waals surface area contributed by atoms with Crippen molar-refractivity contribution in [1.82, 2.24) is 0 Å². The monoisotopic (exact) mass is 246 g/mol. The lowest BCUT2D eigenvalue weighted by molar-refractivity contribution is 0.264. The minimum absolute atomic E-state index is 0.242. The first-order chi connectivity index (χ1) is 8.53. The van der Waals surface area contributed by atoms with E-state index in [4.69, 9.17) is 5.73 Å². The number of aryl methyl sites for hydroxylation is 1. The van der Waals surface area contributed by atoms with E-state index in [1.165, 1.54) is 30.5 Å². The number of benzene rings is 1. The van der Waals surface area contributed by atoms with Crippen LogP contribution in [0.1, 0.15) is 38.7 Å². The Bertz CT molecular complexity index is 398. The fourth-order valence-electron chi connectivity index (χ4n) is 3.29. The predicted octanol–water partition coefficient (Wildman–Crippen LogP) is 3.34. The lowest BCUT2D eigenvalue weighted by Gasteiger charge is -2.47. The van der Waals surface area contributed by atoms with Crippen LogP contribution < -0.4 is 10.6 Å². The van der Waals surface area contributed by atoms with Gasteiger partial charge in [0.1, 0.15) is 0 Å². The van der Waals surface area contributed by atoms with Crippen LogP contribution in [-0.4, -0.2) is 18.6 Å². The van der Waals surface area contributed by atoms with Crippen molar-refractivity contribution in [1.29, 1.82) is 0 Å². The average Bonchev–Trinajstić information content (AvgIpc) is 2.28. The van der Waals surface area contributed by atoms with Gasteiger partial charge in [0.15, 0.2) is 0 Å². The highest BCUT2D eigenvalue weighted by molar-refractivity contribution is 5.51. The highest BCUT2D eigenvalue weighted by Crippen LogP contribution is 2.36. The van der Waals surface area contributed by atoms with Crippen LogP contribution in [0.2, 0.25) is 0 Å². The van der Waals surface area contributed by atoms with Gasteiger partial charge in [0.2, 0.25) is 0 Å². The van der Waals surface area contributed by atoms with Gasteiger partial charge in [-0.05, 0) is 70.2 Å². The van der Waals surface area contributed by atoms with Gasteiger partial charge in [-0.15, -0.1) is 0 Å². The summed E-state index contributed by atoms with van der Waals surface area (Å²) in [6.07, 6.45) is 3.69. The second kappa shape index (κ2) is 5.31. The Balaban J connectivity index is 2.15. The number of nitrogens with two attached hydrogens (primary N) is 1. The number of rotatable bonds is 3. The average molecular weight is 246 g/mol. The summed E-state index contributed by atoms with van der Waals surface area (Å²) in [6.45, 7) is 8.86. The Kier molecular flexibility index (Phi) is 3.96. The first-order valence-electron chi connectivity index (χ1n) is 7.07. The smallest absolute Gasteiger partial charge is 0.0373 e. The standard InChI is InChI=1S/C16H26N2/c1-13-5-4-6-15(11-13)18-10-8-14(7-9-17)12-16(18,2)3/h4-6,11,14H,7-10,12,17H2,1-3H3. The van der Waals surface area contributed by atoms with Gasteiger partial charge in [0.25, 0.3) is 0 Å². The number of hydrogen-bond acceptors (Lipinski definition) is 2. The molecule has 0 saturated carbocycles. The van der Waals surface area contributed by atoms with Crippen LogP contribution in [0.25, 0.3) is 0 Å². The van der Waals surface area contributed by atoms with Gasteiger partial charge in [-0.25, -0.2) is 0 Å². The highest BCUT2D eigenvalue weighted by atomic mass is 15.2. The Morgan fingerprint density at radius 3 is 2.78 bits per heavy atom. The molecule has 0 radical (unpaired) electrons. The molecule has 1 aliphatic heterocycles. The summed E-state index contributed by atoms with van der Waals surface area (Å²) < 4.78 is 0. The summed E-state index contributed by atoms with van der Waals surface area (Å²) in [6, 6.07) is 8.85. The van der Waals surface area contributed by atoms with Gasteiger partial charge in [0, 0.05) is 17.8 Å². The Morgan fingerprint density at radius 2 is 2.17 bits per heavy atom. The summed E-state index contributed by atoms with van der Waals surface area (Å²) in [5, 5.41) is 0. The van der Waals surface area contributed by atoms with Gasteiger partial charge in [-0.1, -0.05) is 12.1 Å². The molecule has 1 atom stereocenters. The first-order valence-corrected chi connectivity index (χ1v) is 7.07. The molecule has 1 aliphatic rings. The lowest BCUT2D eigenvalue weighted by atomic mass is 9.80. The zero-order valence-electron chi connectivity index (χ0n) is 11.9. The number of piperidine rings is 1. The molecule has 0 amide bonds. The van der Waals surface area contributed by atoms with E-state index < -0.39 is 0 Å². The van der Waals surface area contributed by atoms with E-state index in [-0.39, 0.29) is 5.54 Å². The lowest BCUT2D eigenvalue weighted by Crippen LogP contribution is -2.50. The second-order valence-corrected chi connectivity index (χ2v) is 6.24. The molecule has 0 bridgehead atoms. The third-order valence-electron chi connectivity index (χ3n) is 4.17. The number of hydrogen-bond donors (Lipinski definition) is 1. The quantitative estimate of drug-likeness (QED) is 0.886. The molecule has 1 heterocycles. The second-order valence-electron chi connectivity index (χ2n) is 6.24. The molecular weight excluding hydrogens is 220 g/mol. The normalized spacial score (nSPS) is 23.1. The molecule has 2 heteroatoms. The molecule has 18 heavy (non-hydrogen) atoms. The summed E-state index contributed by atoms with van der Waals surface area (Å²) in [4.78, 5) is 2.56. The van der Waals surface area contributed by atoms with Crippen molar-refractivity contribution in [2.45, 2.75) is 45.6 Å². The molecule has 1 unspecified atom stereocenters. The van der Waals surface area contributed by atoms with E-state index in [0.29, 0.717) is 0 Å². The van der Waals surface area contributed by atoms with Crippen LogP contribution in [0.4, 0.5) is 5.69 Å². The van der Waals surface area contributed by atoms with Crippen molar-refractivity contribution >= 4 is 5.69 Å². The van der Waals surface area contributed by atoms with Crippen LogP contribution >= 0.6 is 0 Å². The Labute approximate surface area is 111 Å². The molecule has 100 valence electrons. The number of anilines is 1. The molecule has 1 aromatic rings. The predicted molar refractivity (Wildman–Crippen MR) is 79.0 cm³/mol. The fourth-order valence-corrected chi connectivity index (χ4v) is 3.29. The summed E-state index contributed by atoms with van der Waals surface area (Å²) in [5.41, 5.74) is 8.65. The van der Waals surface area contributed by atoms with Crippen LogP contribution in [-0.2, 0) is 0 Å². The highest BCUT2D eigenvalue weighted by Gasteiger charge is 2.34. The maximum atomic E-state index is 5.70. The molecule has 0 aromatic heterocycles. The van der Waals surface area contributed by atoms with E-state index in [1.807, 2.05) is 0 Å². The molecule has 1 aromatic carbocycles. The van der Waals surface area contributed by atoms with Crippen LogP contribution in [0.5, 0.6) is 0 Å². The fraction of sp³-hybridized carbons (Fsp3) is 0.625. The summed E-state index contributed by atoms with van der Waals surface area (Å²) in [7, 11) is 0. The zero-order chi connectivity index (χ0) is 13.2. The third-order valence-corrected chi connectivity index (χ3v) is 4.17. The molecule has 2 rings (SSSR count). The molecule has 1 fully saturated rings. The minimum Gasteiger partial charge on any atom is -0.366 e. The molecule has 1 saturated heterocycles. The van der Waals surface area contributed by atoms with Gasteiger partial charge in [-0.3, -0.25) is 0 Å². The Hall–Kier alpha value is -1.02. The largest absolute Gasteiger partial charge is 0.366 e. The minimum atomic E-state index is 0.242. The van der Waals surface area contributed by atoms with Gasteiger partial charge in [0.05, 0.1) is 0 Å².